The Morgan fingerprint density at radius 2 is 2.12 bits per heavy atom. The molecule has 2 heterocycles. The highest BCUT2D eigenvalue weighted by Crippen LogP contribution is 2.14. The van der Waals surface area contributed by atoms with Gasteiger partial charge in [0.15, 0.2) is 5.78 Å². The second-order valence-electron chi connectivity index (χ2n) is 4.03. The molecule has 2 aromatic rings. The number of halogens is 1. The number of pyridine rings is 1. The first-order chi connectivity index (χ1) is 7.58. The first kappa shape index (κ1) is 10.8. The molecule has 0 aromatic carbocycles. The van der Waals surface area contributed by atoms with E-state index in [1.807, 2.05) is 19.0 Å². The minimum absolute atomic E-state index is 0.0408. The molecule has 0 saturated carbocycles. The summed E-state index contributed by atoms with van der Waals surface area (Å²) in [5.74, 6) is -0.270. The van der Waals surface area contributed by atoms with E-state index in [1.54, 1.807) is 22.7 Å². The Kier molecular flexibility index (Phi) is 2.75. The maximum Gasteiger partial charge on any atom is 0.178 e. The van der Waals surface area contributed by atoms with Crippen LogP contribution in [-0.2, 0) is 0 Å². The zero-order valence-electron chi connectivity index (χ0n) is 9.27. The normalized spacial score (nSPS) is 11.2. The van der Waals surface area contributed by atoms with E-state index in [9.17, 15) is 9.18 Å². The fourth-order valence-corrected chi connectivity index (χ4v) is 1.69. The van der Waals surface area contributed by atoms with E-state index in [4.69, 9.17) is 0 Å². The number of likely N-dealkylation sites (N-methyl/N-ethyl adjacent to an activating group) is 1. The minimum Gasteiger partial charge on any atom is -0.320 e. The van der Waals surface area contributed by atoms with Gasteiger partial charge >= 0.3 is 0 Å². The number of nitrogens with zero attached hydrogens (tertiary/aromatic N) is 2. The van der Waals surface area contributed by atoms with E-state index in [1.165, 1.54) is 12.3 Å². The average molecular weight is 220 g/mol. The topological polar surface area (TPSA) is 24.7 Å². The molecule has 2 aromatic heterocycles. The van der Waals surface area contributed by atoms with Crippen molar-refractivity contribution in [1.82, 2.24) is 9.30 Å². The van der Waals surface area contributed by atoms with Crippen molar-refractivity contribution in [3.05, 3.63) is 42.0 Å². The summed E-state index contributed by atoms with van der Waals surface area (Å²) in [5, 5.41) is 0. The van der Waals surface area contributed by atoms with Crippen molar-refractivity contribution in [3.63, 3.8) is 0 Å². The van der Waals surface area contributed by atoms with Crippen LogP contribution in [0.1, 0.15) is 10.4 Å². The number of Topliss-reactive ketones (excluding diaryl/α,β-unsaturated/α-hetero) is 1. The van der Waals surface area contributed by atoms with Crippen LogP contribution in [0, 0.1) is 5.82 Å². The van der Waals surface area contributed by atoms with E-state index in [0.717, 1.165) is 5.52 Å². The molecule has 16 heavy (non-hydrogen) atoms. The molecular weight excluding hydrogens is 207 g/mol. The molecule has 0 spiro atoms. The lowest BCUT2D eigenvalue weighted by Gasteiger charge is -2.07. The highest BCUT2D eigenvalue weighted by Gasteiger charge is 2.12. The van der Waals surface area contributed by atoms with Crippen LogP contribution in [-0.4, -0.2) is 35.7 Å². The number of aromatic nitrogens is 1. The number of hydrogen-bond donors (Lipinski definition) is 0. The SMILES string of the molecule is CN(C)CC(=O)c1ccn2cc(F)ccc12. The Bertz CT molecular complexity index is 531. The molecule has 0 unspecified atom stereocenters. The lowest BCUT2D eigenvalue weighted by Crippen LogP contribution is -2.21. The van der Waals surface area contributed by atoms with Gasteiger partial charge in [0.1, 0.15) is 5.82 Å². The minimum atomic E-state index is -0.310. The van der Waals surface area contributed by atoms with Crippen LogP contribution < -0.4 is 0 Å². The summed E-state index contributed by atoms with van der Waals surface area (Å²) in [6.07, 6.45) is 3.06. The van der Waals surface area contributed by atoms with E-state index >= 15 is 0 Å². The first-order valence-corrected chi connectivity index (χ1v) is 5.02. The summed E-state index contributed by atoms with van der Waals surface area (Å²) in [7, 11) is 3.69. The number of carbonyl (C=O) groups is 1. The molecule has 0 atom stereocenters. The van der Waals surface area contributed by atoms with Gasteiger partial charge in [0, 0.05) is 18.0 Å². The van der Waals surface area contributed by atoms with E-state index in [-0.39, 0.29) is 11.6 Å². The van der Waals surface area contributed by atoms with Gasteiger partial charge in [-0.1, -0.05) is 0 Å². The van der Waals surface area contributed by atoms with Crippen LogP contribution >= 0.6 is 0 Å². The van der Waals surface area contributed by atoms with E-state index < -0.39 is 0 Å². The molecule has 3 nitrogen and oxygen atoms in total. The number of rotatable bonds is 3. The van der Waals surface area contributed by atoms with E-state index in [2.05, 4.69) is 0 Å². The summed E-state index contributed by atoms with van der Waals surface area (Å²) in [6.45, 7) is 0.358. The quantitative estimate of drug-likeness (QED) is 0.737. The molecule has 0 amide bonds. The number of hydrogen-bond acceptors (Lipinski definition) is 2. The van der Waals surface area contributed by atoms with Crippen molar-refractivity contribution in [2.75, 3.05) is 20.6 Å². The van der Waals surface area contributed by atoms with Gasteiger partial charge < -0.3 is 9.30 Å². The Morgan fingerprint density at radius 1 is 1.38 bits per heavy atom. The van der Waals surface area contributed by atoms with Crippen LogP contribution in [0.4, 0.5) is 4.39 Å². The van der Waals surface area contributed by atoms with Gasteiger partial charge in [-0.3, -0.25) is 4.79 Å². The third-order valence-corrected chi connectivity index (χ3v) is 2.38. The van der Waals surface area contributed by atoms with Gasteiger partial charge in [0.25, 0.3) is 0 Å². The van der Waals surface area contributed by atoms with Crippen LogP contribution in [0.15, 0.2) is 30.6 Å². The zero-order chi connectivity index (χ0) is 11.7. The Labute approximate surface area is 93.1 Å². The van der Waals surface area contributed by atoms with Crippen molar-refractivity contribution < 1.29 is 9.18 Å². The highest BCUT2D eigenvalue weighted by molar-refractivity contribution is 6.03. The first-order valence-electron chi connectivity index (χ1n) is 5.02. The van der Waals surface area contributed by atoms with Gasteiger partial charge in [-0.15, -0.1) is 0 Å². The van der Waals surface area contributed by atoms with Gasteiger partial charge in [0.05, 0.1) is 12.1 Å². The lowest BCUT2D eigenvalue weighted by atomic mass is 10.1. The van der Waals surface area contributed by atoms with Crippen molar-refractivity contribution >= 4 is 11.3 Å². The largest absolute Gasteiger partial charge is 0.320 e. The molecule has 0 saturated heterocycles. The zero-order valence-corrected chi connectivity index (χ0v) is 9.27. The molecule has 0 fully saturated rings. The Hall–Kier alpha value is -1.68. The van der Waals surface area contributed by atoms with Crippen molar-refractivity contribution in [2.45, 2.75) is 0 Å². The molecule has 2 rings (SSSR count). The predicted octanol–water partition coefficient (Wildman–Crippen LogP) is 1.82. The van der Waals surface area contributed by atoms with Crippen LogP contribution in [0.2, 0.25) is 0 Å². The Balaban J connectivity index is 2.42. The molecule has 0 radical (unpaired) electrons. The molecular formula is C12H13FN2O. The number of carbonyl (C=O) groups excluding carboxylic acids is 1. The molecule has 0 aliphatic rings. The van der Waals surface area contributed by atoms with Crippen molar-refractivity contribution in [2.24, 2.45) is 0 Å². The van der Waals surface area contributed by atoms with E-state index in [0.29, 0.717) is 12.1 Å². The summed E-state index contributed by atoms with van der Waals surface area (Å²) in [4.78, 5) is 13.7. The third kappa shape index (κ3) is 1.97. The number of fused-ring (bicyclic) bond motifs is 1. The monoisotopic (exact) mass is 220 g/mol. The standard InChI is InChI=1S/C12H13FN2O/c1-14(2)8-12(16)10-5-6-15-7-9(13)3-4-11(10)15/h3-7H,8H2,1-2H3. The van der Waals surface area contributed by atoms with Gasteiger partial charge in [-0.05, 0) is 32.3 Å². The lowest BCUT2D eigenvalue weighted by molar-refractivity contribution is 0.0959. The van der Waals surface area contributed by atoms with Crippen LogP contribution in [0.5, 0.6) is 0 Å². The highest BCUT2D eigenvalue weighted by atomic mass is 19.1. The fourth-order valence-electron chi connectivity index (χ4n) is 1.69. The summed E-state index contributed by atoms with van der Waals surface area (Å²) in [6, 6.07) is 4.71. The predicted molar refractivity (Wildman–Crippen MR) is 60.2 cm³/mol. The molecule has 4 heteroatoms. The maximum absolute atomic E-state index is 12.9. The Morgan fingerprint density at radius 3 is 2.81 bits per heavy atom. The van der Waals surface area contributed by atoms with Crippen LogP contribution in [0.3, 0.4) is 0 Å². The van der Waals surface area contributed by atoms with Crippen molar-refractivity contribution in [1.29, 1.82) is 0 Å². The van der Waals surface area contributed by atoms with Crippen molar-refractivity contribution in [3.8, 4) is 0 Å². The smallest absolute Gasteiger partial charge is 0.178 e. The second-order valence-corrected chi connectivity index (χ2v) is 4.03. The third-order valence-electron chi connectivity index (χ3n) is 2.38. The fraction of sp³-hybridized carbons (Fsp3) is 0.250. The summed E-state index contributed by atoms with van der Waals surface area (Å²) < 4.78 is 14.6. The molecule has 0 aliphatic carbocycles. The summed E-state index contributed by atoms with van der Waals surface area (Å²) in [5.41, 5.74) is 1.38. The van der Waals surface area contributed by atoms with Gasteiger partial charge in [-0.2, -0.15) is 0 Å². The van der Waals surface area contributed by atoms with Gasteiger partial charge in [-0.25, -0.2) is 4.39 Å². The van der Waals surface area contributed by atoms with Gasteiger partial charge in [0.2, 0.25) is 0 Å². The molecule has 0 aliphatic heterocycles. The summed E-state index contributed by atoms with van der Waals surface area (Å²) >= 11 is 0. The maximum atomic E-state index is 12.9. The second kappa shape index (κ2) is 4.06. The molecule has 0 bridgehead atoms. The average Bonchev–Trinajstić information content (AvgIpc) is 2.59. The molecule has 84 valence electrons. The molecule has 0 N–H and O–H groups in total. The number of ketones is 1. The van der Waals surface area contributed by atoms with Crippen LogP contribution in [0.25, 0.3) is 5.52 Å².